The molecule has 30 heavy (non-hydrogen) atoms. The van der Waals surface area contributed by atoms with Gasteiger partial charge >= 0.3 is 0 Å². The molecule has 4 aromatic rings. The molecule has 0 aliphatic carbocycles. The monoisotopic (exact) mass is 423 g/mol. The zero-order chi connectivity index (χ0) is 21.1. The van der Waals surface area contributed by atoms with Crippen molar-refractivity contribution in [2.45, 2.75) is 19.9 Å². The summed E-state index contributed by atoms with van der Waals surface area (Å²) in [6.45, 7) is 2.55. The highest BCUT2D eigenvalue weighted by molar-refractivity contribution is 7.22. The normalized spacial score (nSPS) is 11.0. The van der Waals surface area contributed by atoms with Gasteiger partial charge in [0.05, 0.1) is 34.3 Å². The van der Waals surface area contributed by atoms with Crippen LogP contribution < -0.4 is 15.4 Å². The largest absolute Gasteiger partial charge is 0.494 e. The minimum Gasteiger partial charge on any atom is -0.494 e. The topological polar surface area (TPSA) is 98.1 Å². The average Bonchev–Trinajstić information content (AvgIpc) is 3.28. The predicted molar refractivity (Wildman–Crippen MR) is 117 cm³/mol. The van der Waals surface area contributed by atoms with E-state index in [1.54, 1.807) is 11.6 Å². The van der Waals surface area contributed by atoms with Crippen LogP contribution in [0.25, 0.3) is 21.3 Å². The van der Waals surface area contributed by atoms with Gasteiger partial charge in [0.2, 0.25) is 11.8 Å². The second-order valence-electron chi connectivity index (χ2n) is 6.58. The van der Waals surface area contributed by atoms with Gasteiger partial charge < -0.3 is 19.9 Å². The fourth-order valence-electron chi connectivity index (χ4n) is 3.19. The van der Waals surface area contributed by atoms with Gasteiger partial charge in [-0.2, -0.15) is 0 Å². The molecule has 4 rings (SSSR count). The van der Waals surface area contributed by atoms with Crippen molar-refractivity contribution in [1.82, 2.24) is 19.9 Å². The van der Waals surface area contributed by atoms with Crippen molar-refractivity contribution >= 4 is 49.5 Å². The molecule has 0 unspecified atom stereocenters. The van der Waals surface area contributed by atoms with Gasteiger partial charge in [0.15, 0.2) is 5.13 Å². The number of carbonyl (C=O) groups is 2. The maximum absolute atomic E-state index is 12.8. The molecular formula is C21H21N5O3S. The summed E-state index contributed by atoms with van der Waals surface area (Å²) in [6, 6.07) is 13.2. The predicted octanol–water partition coefficient (Wildman–Crippen LogP) is 2.97. The van der Waals surface area contributed by atoms with Crippen molar-refractivity contribution in [2.24, 2.45) is 0 Å². The molecule has 0 atom stereocenters. The van der Waals surface area contributed by atoms with Crippen LogP contribution in [0.5, 0.6) is 5.75 Å². The van der Waals surface area contributed by atoms with Gasteiger partial charge in [-0.1, -0.05) is 23.5 Å². The Bertz CT molecular complexity index is 1230. The van der Waals surface area contributed by atoms with Crippen molar-refractivity contribution < 1.29 is 14.3 Å². The number of likely N-dealkylation sites (N-methyl/N-ethyl adjacent to an activating group) is 1. The Kier molecular flexibility index (Phi) is 5.62. The SMILES string of the molecule is CCOc1ccc2nc(NC(=O)Cn3c(CC(=O)NC)nc4ccccc43)sc2c1. The number of nitrogens with zero attached hydrogens (tertiary/aromatic N) is 3. The first-order valence-electron chi connectivity index (χ1n) is 9.55. The van der Waals surface area contributed by atoms with Crippen LogP contribution in [-0.2, 0) is 22.6 Å². The number of ether oxygens (including phenoxy) is 1. The minimum atomic E-state index is -0.236. The number of amides is 2. The fraction of sp³-hybridized carbons (Fsp3) is 0.238. The molecule has 2 N–H and O–H groups in total. The van der Waals surface area contributed by atoms with E-state index in [-0.39, 0.29) is 24.8 Å². The molecule has 0 saturated carbocycles. The second kappa shape index (κ2) is 8.50. The lowest BCUT2D eigenvalue weighted by Gasteiger charge is -2.08. The first kappa shape index (κ1) is 19.8. The van der Waals surface area contributed by atoms with Gasteiger partial charge in [0.1, 0.15) is 18.1 Å². The first-order valence-corrected chi connectivity index (χ1v) is 10.4. The minimum absolute atomic E-state index is 0.0347. The zero-order valence-electron chi connectivity index (χ0n) is 16.6. The van der Waals surface area contributed by atoms with Gasteiger partial charge in [0, 0.05) is 7.05 Å². The van der Waals surface area contributed by atoms with E-state index in [0.717, 1.165) is 27.0 Å². The van der Waals surface area contributed by atoms with Crippen LogP contribution in [0.1, 0.15) is 12.7 Å². The number of anilines is 1. The standard InChI is InChI=1S/C21H21N5O3S/c1-3-29-13-8-9-15-17(10-13)30-21(24-15)25-20(28)12-26-16-7-5-4-6-14(16)23-18(26)11-19(27)22-2/h4-10H,3,11-12H2,1-2H3,(H,22,27)(H,24,25,28). The third-order valence-electron chi connectivity index (χ3n) is 4.55. The summed E-state index contributed by atoms with van der Waals surface area (Å²) in [5.74, 6) is 0.912. The molecule has 8 nitrogen and oxygen atoms in total. The van der Waals surface area contributed by atoms with E-state index in [4.69, 9.17) is 4.74 Å². The lowest BCUT2D eigenvalue weighted by Crippen LogP contribution is -2.24. The van der Waals surface area contributed by atoms with Gasteiger partial charge in [-0.05, 0) is 37.3 Å². The average molecular weight is 423 g/mol. The van der Waals surface area contributed by atoms with Crippen molar-refractivity contribution in [3.05, 3.63) is 48.3 Å². The highest BCUT2D eigenvalue weighted by Crippen LogP contribution is 2.29. The first-order chi connectivity index (χ1) is 14.6. The van der Waals surface area contributed by atoms with Crippen LogP contribution in [0.2, 0.25) is 0 Å². The Morgan fingerprint density at radius 3 is 2.73 bits per heavy atom. The van der Waals surface area contributed by atoms with E-state index in [9.17, 15) is 9.59 Å². The molecule has 2 aromatic heterocycles. The summed E-state index contributed by atoms with van der Waals surface area (Å²) >= 11 is 1.39. The van der Waals surface area contributed by atoms with Crippen molar-refractivity contribution in [2.75, 3.05) is 19.0 Å². The third kappa shape index (κ3) is 4.11. The van der Waals surface area contributed by atoms with Gasteiger partial charge in [-0.25, -0.2) is 9.97 Å². The molecule has 0 spiro atoms. The zero-order valence-corrected chi connectivity index (χ0v) is 17.5. The Hall–Kier alpha value is -3.46. The molecule has 0 saturated heterocycles. The van der Waals surface area contributed by atoms with Crippen molar-refractivity contribution in [3.63, 3.8) is 0 Å². The Morgan fingerprint density at radius 1 is 1.10 bits per heavy atom. The number of hydrogen-bond donors (Lipinski definition) is 2. The van der Waals surface area contributed by atoms with E-state index in [2.05, 4.69) is 20.6 Å². The van der Waals surface area contributed by atoms with E-state index in [1.165, 1.54) is 11.3 Å². The Balaban J connectivity index is 1.56. The maximum Gasteiger partial charge on any atom is 0.246 e. The molecule has 0 aliphatic rings. The lowest BCUT2D eigenvalue weighted by atomic mass is 10.3. The van der Waals surface area contributed by atoms with Crippen LogP contribution in [0, 0.1) is 0 Å². The number of carbonyl (C=O) groups excluding carboxylic acids is 2. The van der Waals surface area contributed by atoms with E-state index in [0.29, 0.717) is 17.6 Å². The van der Waals surface area contributed by atoms with Crippen LogP contribution in [0.3, 0.4) is 0 Å². The smallest absolute Gasteiger partial charge is 0.246 e. The molecule has 0 bridgehead atoms. The summed E-state index contributed by atoms with van der Waals surface area (Å²) in [7, 11) is 1.58. The molecule has 9 heteroatoms. The number of hydrogen-bond acceptors (Lipinski definition) is 6. The number of aromatic nitrogens is 3. The Labute approximate surface area is 176 Å². The molecule has 2 amide bonds. The Morgan fingerprint density at radius 2 is 1.93 bits per heavy atom. The third-order valence-corrected chi connectivity index (χ3v) is 5.48. The van der Waals surface area contributed by atoms with Crippen molar-refractivity contribution in [3.8, 4) is 5.75 Å². The second-order valence-corrected chi connectivity index (χ2v) is 7.61. The highest BCUT2D eigenvalue weighted by Gasteiger charge is 2.17. The fourth-order valence-corrected chi connectivity index (χ4v) is 4.10. The molecular weight excluding hydrogens is 402 g/mol. The summed E-state index contributed by atoms with van der Waals surface area (Å²) in [6.07, 6.45) is 0.0970. The highest BCUT2D eigenvalue weighted by atomic mass is 32.1. The number of benzene rings is 2. The maximum atomic E-state index is 12.8. The lowest BCUT2D eigenvalue weighted by molar-refractivity contribution is -0.120. The van der Waals surface area contributed by atoms with Crippen LogP contribution in [0.15, 0.2) is 42.5 Å². The number of fused-ring (bicyclic) bond motifs is 2. The summed E-state index contributed by atoms with van der Waals surface area (Å²) in [4.78, 5) is 33.6. The molecule has 0 fully saturated rings. The van der Waals surface area contributed by atoms with Gasteiger partial charge in [0.25, 0.3) is 0 Å². The summed E-state index contributed by atoms with van der Waals surface area (Å²) in [5.41, 5.74) is 2.34. The molecule has 2 aromatic carbocycles. The number of imidazole rings is 1. The quantitative estimate of drug-likeness (QED) is 0.476. The number of nitrogens with one attached hydrogen (secondary N) is 2. The molecule has 2 heterocycles. The van der Waals surface area contributed by atoms with Crippen LogP contribution in [-0.4, -0.2) is 40.0 Å². The molecule has 154 valence electrons. The number of rotatable bonds is 7. The van der Waals surface area contributed by atoms with Gasteiger partial charge in [-0.15, -0.1) is 0 Å². The van der Waals surface area contributed by atoms with E-state index < -0.39 is 0 Å². The summed E-state index contributed by atoms with van der Waals surface area (Å²) < 4.78 is 8.22. The number of thiazole rings is 1. The van der Waals surface area contributed by atoms with Gasteiger partial charge in [-0.3, -0.25) is 9.59 Å². The van der Waals surface area contributed by atoms with Crippen LogP contribution >= 0.6 is 11.3 Å². The number of para-hydroxylation sites is 2. The van der Waals surface area contributed by atoms with Crippen LogP contribution in [0.4, 0.5) is 5.13 Å². The molecule has 0 aliphatic heterocycles. The molecule has 0 radical (unpaired) electrons. The van der Waals surface area contributed by atoms with Crippen molar-refractivity contribution in [1.29, 1.82) is 0 Å². The summed E-state index contributed by atoms with van der Waals surface area (Å²) in [5, 5.41) is 5.97. The van der Waals surface area contributed by atoms with E-state index in [1.807, 2.05) is 49.4 Å². The van der Waals surface area contributed by atoms with E-state index >= 15 is 0 Å².